The number of hydrogen-bond donors (Lipinski definition) is 1. The van der Waals surface area contributed by atoms with Crippen molar-refractivity contribution in [2.24, 2.45) is 5.92 Å². The molecule has 1 N–H and O–H groups in total. The SMILES string of the molecule is COc1ccc(CN2C[C@@H]3CCN[C@@H]3C2)cc1OCc1ccccc1F. The van der Waals surface area contributed by atoms with Crippen molar-refractivity contribution in [2.75, 3.05) is 26.7 Å². The highest BCUT2D eigenvalue weighted by atomic mass is 19.1. The largest absolute Gasteiger partial charge is 0.493 e. The zero-order chi connectivity index (χ0) is 17.9. The predicted octanol–water partition coefficient (Wildman–Crippen LogP) is 3.21. The van der Waals surface area contributed by atoms with Crippen LogP contribution in [0, 0.1) is 11.7 Å². The number of benzene rings is 2. The predicted molar refractivity (Wildman–Crippen MR) is 98.9 cm³/mol. The average Bonchev–Trinajstić information content (AvgIpc) is 3.23. The van der Waals surface area contributed by atoms with Gasteiger partial charge < -0.3 is 14.8 Å². The molecule has 2 atom stereocenters. The first kappa shape index (κ1) is 17.3. The first-order valence-corrected chi connectivity index (χ1v) is 9.22. The smallest absolute Gasteiger partial charge is 0.161 e. The fourth-order valence-corrected chi connectivity index (χ4v) is 4.03. The topological polar surface area (TPSA) is 33.7 Å². The van der Waals surface area contributed by atoms with E-state index in [0.717, 1.165) is 32.1 Å². The number of rotatable bonds is 6. The van der Waals surface area contributed by atoms with Crippen LogP contribution in [0.15, 0.2) is 42.5 Å². The molecule has 138 valence electrons. The molecule has 2 heterocycles. The van der Waals surface area contributed by atoms with Crippen molar-refractivity contribution < 1.29 is 13.9 Å². The Morgan fingerprint density at radius 1 is 1.15 bits per heavy atom. The summed E-state index contributed by atoms with van der Waals surface area (Å²) in [7, 11) is 1.62. The number of halogens is 1. The fraction of sp³-hybridized carbons (Fsp3) is 0.429. The van der Waals surface area contributed by atoms with Crippen molar-refractivity contribution in [3.63, 3.8) is 0 Å². The zero-order valence-corrected chi connectivity index (χ0v) is 15.1. The molecule has 0 unspecified atom stereocenters. The lowest BCUT2D eigenvalue weighted by molar-refractivity contribution is 0.276. The Morgan fingerprint density at radius 2 is 2.04 bits per heavy atom. The molecule has 0 aliphatic carbocycles. The van der Waals surface area contributed by atoms with Gasteiger partial charge in [-0.15, -0.1) is 0 Å². The standard InChI is InChI=1S/C21H25FN2O2/c1-25-20-7-6-15(11-24-12-16-8-9-23-19(16)13-24)10-21(20)26-14-17-4-2-3-5-18(17)22/h2-7,10,16,19,23H,8-9,11-14H2,1H3/t16-,19+/m0/s1. The van der Waals surface area contributed by atoms with Gasteiger partial charge in [0.15, 0.2) is 11.5 Å². The summed E-state index contributed by atoms with van der Waals surface area (Å²) in [6.07, 6.45) is 1.28. The molecule has 0 radical (unpaired) electrons. The Balaban J connectivity index is 1.44. The van der Waals surface area contributed by atoms with Crippen molar-refractivity contribution >= 4 is 0 Å². The van der Waals surface area contributed by atoms with E-state index in [4.69, 9.17) is 9.47 Å². The molecular weight excluding hydrogens is 331 g/mol. The van der Waals surface area contributed by atoms with Crippen LogP contribution < -0.4 is 14.8 Å². The fourth-order valence-electron chi connectivity index (χ4n) is 4.03. The highest BCUT2D eigenvalue weighted by molar-refractivity contribution is 5.43. The molecule has 5 heteroatoms. The van der Waals surface area contributed by atoms with Crippen molar-refractivity contribution in [2.45, 2.75) is 25.6 Å². The summed E-state index contributed by atoms with van der Waals surface area (Å²) in [6.45, 7) is 4.48. The van der Waals surface area contributed by atoms with Crippen molar-refractivity contribution in [1.29, 1.82) is 0 Å². The second-order valence-corrected chi connectivity index (χ2v) is 7.17. The quantitative estimate of drug-likeness (QED) is 0.862. The van der Waals surface area contributed by atoms with E-state index in [1.165, 1.54) is 18.1 Å². The number of ether oxygens (including phenoxy) is 2. The number of nitrogens with one attached hydrogen (secondary N) is 1. The molecule has 4 rings (SSSR count). The van der Waals surface area contributed by atoms with E-state index in [-0.39, 0.29) is 12.4 Å². The van der Waals surface area contributed by atoms with E-state index in [9.17, 15) is 4.39 Å². The third-order valence-electron chi connectivity index (χ3n) is 5.41. The monoisotopic (exact) mass is 356 g/mol. The summed E-state index contributed by atoms with van der Waals surface area (Å²) in [6, 6.07) is 13.4. The maximum Gasteiger partial charge on any atom is 0.161 e. The Morgan fingerprint density at radius 3 is 2.85 bits per heavy atom. The summed E-state index contributed by atoms with van der Waals surface area (Å²) in [5.74, 6) is 1.86. The van der Waals surface area contributed by atoms with Crippen molar-refractivity contribution in [3.05, 3.63) is 59.4 Å². The molecular formula is C21H25FN2O2. The highest BCUT2D eigenvalue weighted by Gasteiger charge is 2.35. The molecule has 2 aliphatic heterocycles. The Hall–Kier alpha value is -2.11. The minimum absolute atomic E-state index is 0.185. The van der Waals surface area contributed by atoms with Crippen LogP contribution in [0.25, 0.3) is 0 Å². The van der Waals surface area contributed by atoms with Gasteiger partial charge in [0, 0.05) is 31.2 Å². The molecule has 0 aromatic heterocycles. The van der Waals surface area contributed by atoms with Crippen LogP contribution in [0.4, 0.5) is 4.39 Å². The highest BCUT2D eigenvalue weighted by Crippen LogP contribution is 2.31. The van der Waals surface area contributed by atoms with Gasteiger partial charge in [-0.2, -0.15) is 0 Å². The lowest BCUT2D eigenvalue weighted by Crippen LogP contribution is -2.29. The molecule has 26 heavy (non-hydrogen) atoms. The molecule has 2 aromatic carbocycles. The van der Waals surface area contributed by atoms with Crippen LogP contribution in [0.3, 0.4) is 0 Å². The van der Waals surface area contributed by atoms with Gasteiger partial charge in [0.05, 0.1) is 7.11 Å². The summed E-state index contributed by atoms with van der Waals surface area (Å²) in [4.78, 5) is 2.49. The Kier molecular flexibility index (Phi) is 5.09. The second kappa shape index (κ2) is 7.64. The van der Waals surface area contributed by atoms with Gasteiger partial charge in [-0.1, -0.05) is 24.3 Å². The molecule has 0 amide bonds. The normalized spacial score (nSPS) is 22.4. The molecule has 4 nitrogen and oxygen atoms in total. The third-order valence-corrected chi connectivity index (χ3v) is 5.41. The summed E-state index contributed by atoms with van der Waals surface area (Å²) in [5, 5.41) is 3.59. The van der Waals surface area contributed by atoms with Gasteiger partial charge in [0.2, 0.25) is 0 Å². The summed E-state index contributed by atoms with van der Waals surface area (Å²) in [5.41, 5.74) is 1.73. The number of fused-ring (bicyclic) bond motifs is 1. The lowest BCUT2D eigenvalue weighted by atomic mass is 10.1. The van der Waals surface area contributed by atoms with Crippen LogP contribution in [0.2, 0.25) is 0 Å². The Labute approximate surface area is 153 Å². The van der Waals surface area contributed by atoms with E-state index in [2.05, 4.69) is 16.3 Å². The molecule has 0 spiro atoms. The van der Waals surface area contributed by atoms with E-state index < -0.39 is 0 Å². The Bertz CT molecular complexity index is 755. The lowest BCUT2D eigenvalue weighted by Gasteiger charge is -2.18. The molecule has 2 fully saturated rings. The first-order valence-electron chi connectivity index (χ1n) is 9.22. The van der Waals surface area contributed by atoms with Crippen LogP contribution in [0.5, 0.6) is 11.5 Å². The van der Waals surface area contributed by atoms with Gasteiger partial charge in [-0.05, 0) is 42.6 Å². The molecule has 0 bridgehead atoms. The number of likely N-dealkylation sites (tertiary alicyclic amines) is 1. The van der Waals surface area contributed by atoms with E-state index in [1.807, 2.05) is 18.2 Å². The maximum atomic E-state index is 13.8. The van der Waals surface area contributed by atoms with Crippen LogP contribution >= 0.6 is 0 Å². The van der Waals surface area contributed by atoms with E-state index >= 15 is 0 Å². The minimum atomic E-state index is -0.251. The zero-order valence-electron chi connectivity index (χ0n) is 15.1. The van der Waals surface area contributed by atoms with E-state index in [1.54, 1.807) is 19.2 Å². The van der Waals surface area contributed by atoms with Gasteiger partial charge in [0.25, 0.3) is 0 Å². The van der Waals surface area contributed by atoms with Crippen LogP contribution in [-0.2, 0) is 13.2 Å². The molecule has 2 aromatic rings. The van der Waals surface area contributed by atoms with E-state index in [0.29, 0.717) is 23.1 Å². The number of methoxy groups -OCH3 is 1. The van der Waals surface area contributed by atoms with Crippen LogP contribution in [-0.4, -0.2) is 37.7 Å². The second-order valence-electron chi connectivity index (χ2n) is 7.17. The molecule has 2 saturated heterocycles. The van der Waals surface area contributed by atoms with Gasteiger partial charge in [-0.25, -0.2) is 4.39 Å². The molecule has 2 aliphatic rings. The minimum Gasteiger partial charge on any atom is -0.493 e. The third kappa shape index (κ3) is 3.69. The summed E-state index contributed by atoms with van der Waals surface area (Å²) >= 11 is 0. The van der Waals surface area contributed by atoms with Crippen molar-refractivity contribution in [3.8, 4) is 11.5 Å². The number of hydrogen-bond acceptors (Lipinski definition) is 4. The average molecular weight is 356 g/mol. The maximum absolute atomic E-state index is 13.8. The number of nitrogens with zero attached hydrogens (tertiary/aromatic N) is 1. The van der Waals surface area contributed by atoms with Gasteiger partial charge in [-0.3, -0.25) is 4.90 Å². The van der Waals surface area contributed by atoms with Gasteiger partial charge >= 0.3 is 0 Å². The van der Waals surface area contributed by atoms with Crippen LogP contribution in [0.1, 0.15) is 17.5 Å². The molecule has 0 saturated carbocycles. The van der Waals surface area contributed by atoms with Crippen molar-refractivity contribution in [1.82, 2.24) is 10.2 Å². The first-order chi connectivity index (χ1) is 12.7. The summed E-state index contributed by atoms with van der Waals surface area (Å²) < 4.78 is 25.1. The van der Waals surface area contributed by atoms with Gasteiger partial charge in [0.1, 0.15) is 12.4 Å².